The van der Waals surface area contributed by atoms with Crippen molar-refractivity contribution in [2.75, 3.05) is 24.5 Å². The van der Waals surface area contributed by atoms with E-state index in [1.165, 1.54) is 12.1 Å². The first kappa shape index (κ1) is 20.6. The van der Waals surface area contributed by atoms with Crippen LogP contribution in [0.15, 0.2) is 54.6 Å². The van der Waals surface area contributed by atoms with E-state index in [9.17, 15) is 9.18 Å². The zero-order valence-corrected chi connectivity index (χ0v) is 18.1. The standard InChI is InChI=1S/C23H22ClFN6O/c24-18-8-4-16(5-9-18)20-14-21(17-6-10-19(25)11-7-17)31-23(26-27-28-31)30(20)15-22(32)29-12-2-1-3-13-29/h4-11,14,21H,1-3,12-13,15H2/t21-/m1/s1. The first-order valence-corrected chi connectivity index (χ1v) is 11.0. The Bertz CT molecular complexity index is 1140. The molecule has 164 valence electrons. The van der Waals surface area contributed by atoms with Crippen molar-refractivity contribution in [2.45, 2.75) is 25.3 Å². The van der Waals surface area contributed by atoms with Crippen LogP contribution in [-0.2, 0) is 4.79 Å². The van der Waals surface area contributed by atoms with E-state index in [1.807, 2.05) is 40.1 Å². The van der Waals surface area contributed by atoms with E-state index in [1.54, 1.807) is 16.8 Å². The molecule has 5 rings (SSSR count). The van der Waals surface area contributed by atoms with Gasteiger partial charge in [0.25, 0.3) is 5.95 Å². The number of amides is 1. The summed E-state index contributed by atoms with van der Waals surface area (Å²) in [5, 5.41) is 12.9. The van der Waals surface area contributed by atoms with Crippen LogP contribution >= 0.6 is 11.6 Å². The molecule has 0 spiro atoms. The highest BCUT2D eigenvalue weighted by Gasteiger charge is 2.33. The van der Waals surface area contributed by atoms with Crippen molar-refractivity contribution in [1.82, 2.24) is 25.1 Å². The minimum Gasteiger partial charge on any atom is -0.341 e. The zero-order chi connectivity index (χ0) is 22.1. The van der Waals surface area contributed by atoms with E-state index in [0.29, 0.717) is 11.0 Å². The Morgan fingerprint density at radius 2 is 1.75 bits per heavy atom. The lowest BCUT2D eigenvalue weighted by Gasteiger charge is -2.35. The number of benzene rings is 2. The molecule has 0 bridgehead atoms. The fourth-order valence-electron chi connectivity index (χ4n) is 4.27. The van der Waals surface area contributed by atoms with Crippen LogP contribution in [0.25, 0.3) is 5.70 Å². The Morgan fingerprint density at radius 1 is 1.03 bits per heavy atom. The molecule has 9 heteroatoms. The van der Waals surface area contributed by atoms with Gasteiger partial charge in [-0.15, -0.1) is 0 Å². The van der Waals surface area contributed by atoms with Crippen molar-refractivity contribution in [3.63, 3.8) is 0 Å². The van der Waals surface area contributed by atoms with E-state index in [2.05, 4.69) is 15.5 Å². The number of carbonyl (C=O) groups excluding carboxylic acids is 1. The third kappa shape index (κ3) is 3.98. The number of likely N-dealkylation sites (tertiary alicyclic amines) is 1. The first-order valence-electron chi connectivity index (χ1n) is 10.7. The van der Waals surface area contributed by atoms with Crippen molar-refractivity contribution in [1.29, 1.82) is 0 Å². The zero-order valence-electron chi connectivity index (χ0n) is 17.4. The SMILES string of the molecule is O=C(CN1C(c2ccc(Cl)cc2)=C[C@H](c2ccc(F)cc2)n2nnnc21)N1CCCCC1. The summed E-state index contributed by atoms with van der Waals surface area (Å²) >= 11 is 6.11. The van der Waals surface area contributed by atoms with Crippen LogP contribution in [0.2, 0.25) is 5.02 Å². The third-order valence-corrected chi connectivity index (χ3v) is 6.19. The summed E-state index contributed by atoms with van der Waals surface area (Å²) in [4.78, 5) is 16.9. The summed E-state index contributed by atoms with van der Waals surface area (Å²) in [6.45, 7) is 1.68. The molecule has 0 aliphatic carbocycles. The van der Waals surface area contributed by atoms with Crippen LogP contribution < -0.4 is 4.90 Å². The Kier molecular flexibility index (Phi) is 5.61. The summed E-state index contributed by atoms with van der Waals surface area (Å²) in [5.74, 6) is 0.202. The normalized spacial score (nSPS) is 18.3. The summed E-state index contributed by atoms with van der Waals surface area (Å²) in [6, 6.07) is 13.4. The molecule has 0 unspecified atom stereocenters. The highest BCUT2D eigenvalue weighted by atomic mass is 35.5. The van der Waals surface area contributed by atoms with E-state index >= 15 is 0 Å². The van der Waals surface area contributed by atoms with Crippen LogP contribution in [0.5, 0.6) is 0 Å². The van der Waals surface area contributed by atoms with Gasteiger partial charge in [-0.3, -0.25) is 9.69 Å². The number of hydrogen-bond donors (Lipinski definition) is 0. The van der Waals surface area contributed by atoms with E-state index in [0.717, 1.165) is 49.2 Å². The fraction of sp³-hybridized carbons (Fsp3) is 0.304. The van der Waals surface area contributed by atoms with Crippen molar-refractivity contribution >= 4 is 29.2 Å². The predicted octanol–water partition coefficient (Wildman–Crippen LogP) is 3.93. The van der Waals surface area contributed by atoms with Gasteiger partial charge in [0.2, 0.25) is 5.91 Å². The fourth-order valence-corrected chi connectivity index (χ4v) is 4.39. The minimum atomic E-state index is -0.340. The lowest BCUT2D eigenvalue weighted by molar-refractivity contribution is -0.130. The number of hydrogen-bond acceptors (Lipinski definition) is 5. The maximum atomic E-state index is 13.5. The molecule has 2 aromatic carbocycles. The molecule has 3 aromatic rings. The third-order valence-electron chi connectivity index (χ3n) is 5.94. The van der Waals surface area contributed by atoms with E-state index in [-0.39, 0.29) is 24.3 Å². The van der Waals surface area contributed by atoms with Gasteiger partial charge in [0.15, 0.2) is 0 Å². The van der Waals surface area contributed by atoms with Gasteiger partial charge in [-0.05, 0) is 71.2 Å². The number of piperidine rings is 1. The van der Waals surface area contributed by atoms with E-state index in [4.69, 9.17) is 11.6 Å². The summed E-state index contributed by atoms with van der Waals surface area (Å²) in [7, 11) is 0. The van der Waals surface area contributed by atoms with Crippen molar-refractivity contribution in [2.24, 2.45) is 0 Å². The smallest absolute Gasteiger partial charge is 0.251 e. The molecular weight excluding hydrogens is 431 g/mol. The predicted molar refractivity (Wildman–Crippen MR) is 120 cm³/mol. The van der Waals surface area contributed by atoms with Crippen LogP contribution in [0.1, 0.15) is 36.4 Å². The molecule has 2 aliphatic heterocycles. The Morgan fingerprint density at radius 3 is 2.47 bits per heavy atom. The summed E-state index contributed by atoms with van der Waals surface area (Å²) in [5.41, 5.74) is 2.54. The van der Waals surface area contributed by atoms with Gasteiger partial charge in [-0.1, -0.05) is 41.0 Å². The number of halogens is 2. The number of fused-ring (bicyclic) bond motifs is 1. The quantitative estimate of drug-likeness (QED) is 0.600. The van der Waals surface area contributed by atoms with Gasteiger partial charge < -0.3 is 4.90 Å². The second-order valence-electron chi connectivity index (χ2n) is 8.01. The number of carbonyl (C=O) groups is 1. The molecule has 1 atom stereocenters. The second-order valence-corrected chi connectivity index (χ2v) is 8.44. The van der Waals surface area contributed by atoms with Gasteiger partial charge >= 0.3 is 0 Å². The van der Waals surface area contributed by atoms with Crippen molar-refractivity contribution < 1.29 is 9.18 Å². The molecule has 32 heavy (non-hydrogen) atoms. The van der Waals surface area contributed by atoms with Crippen LogP contribution in [0.4, 0.5) is 10.3 Å². The maximum Gasteiger partial charge on any atom is 0.251 e. The first-order chi connectivity index (χ1) is 15.6. The Hall–Kier alpha value is -3.26. The monoisotopic (exact) mass is 452 g/mol. The average molecular weight is 453 g/mol. The Balaban J connectivity index is 1.56. The molecular formula is C23H22ClFN6O. The number of nitrogens with zero attached hydrogens (tertiary/aromatic N) is 6. The molecule has 7 nitrogen and oxygen atoms in total. The molecule has 3 heterocycles. The largest absolute Gasteiger partial charge is 0.341 e. The molecule has 0 radical (unpaired) electrons. The van der Waals surface area contributed by atoms with E-state index < -0.39 is 0 Å². The van der Waals surface area contributed by atoms with Crippen LogP contribution in [-0.4, -0.2) is 50.6 Å². The van der Waals surface area contributed by atoms with Gasteiger partial charge in [-0.25, -0.2) is 4.39 Å². The molecule has 1 saturated heterocycles. The lowest BCUT2D eigenvalue weighted by Crippen LogP contribution is -2.44. The van der Waals surface area contributed by atoms with Crippen molar-refractivity contribution in [3.05, 3.63) is 76.6 Å². The number of rotatable bonds is 4. The number of tetrazole rings is 1. The molecule has 2 aliphatic rings. The average Bonchev–Trinajstić information content (AvgIpc) is 3.31. The highest BCUT2D eigenvalue weighted by Crippen LogP contribution is 2.36. The second kappa shape index (κ2) is 8.70. The Labute approximate surface area is 190 Å². The summed E-state index contributed by atoms with van der Waals surface area (Å²) in [6.07, 6.45) is 5.20. The lowest BCUT2D eigenvalue weighted by atomic mass is 10.0. The van der Waals surface area contributed by atoms with Crippen LogP contribution in [0, 0.1) is 5.82 Å². The molecule has 0 N–H and O–H groups in total. The van der Waals surface area contributed by atoms with Crippen LogP contribution in [0.3, 0.4) is 0 Å². The molecule has 1 aromatic heterocycles. The summed E-state index contributed by atoms with van der Waals surface area (Å²) < 4.78 is 15.2. The topological polar surface area (TPSA) is 67.2 Å². The van der Waals surface area contributed by atoms with Gasteiger partial charge in [0.05, 0.1) is 5.70 Å². The molecule has 1 amide bonds. The van der Waals surface area contributed by atoms with Gasteiger partial charge in [0, 0.05) is 18.1 Å². The van der Waals surface area contributed by atoms with Gasteiger partial charge in [0.1, 0.15) is 18.4 Å². The van der Waals surface area contributed by atoms with Crippen molar-refractivity contribution in [3.8, 4) is 0 Å². The van der Waals surface area contributed by atoms with Gasteiger partial charge in [-0.2, -0.15) is 4.68 Å². The number of anilines is 1. The maximum absolute atomic E-state index is 13.5. The molecule has 0 saturated carbocycles. The number of aromatic nitrogens is 4. The molecule has 1 fully saturated rings. The highest BCUT2D eigenvalue weighted by molar-refractivity contribution is 6.30. The number of allylic oxidation sites excluding steroid dienone is 1. The minimum absolute atomic E-state index is 0.0411.